The number of hydrogen-bond acceptors (Lipinski definition) is 2. The molecular formula is C15H9BrF2N2O2. The molecule has 1 N–H and O–H groups in total. The Bertz CT molecular complexity index is 898. The van der Waals surface area contributed by atoms with E-state index >= 15 is 0 Å². The number of pyridine rings is 1. The lowest BCUT2D eigenvalue weighted by atomic mass is 10.1. The van der Waals surface area contributed by atoms with Gasteiger partial charge in [0.2, 0.25) is 0 Å². The average Bonchev–Trinajstić information content (AvgIpc) is 2.74. The van der Waals surface area contributed by atoms with Crippen LogP contribution in [0.15, 0.2) is 35.1 Å². The van der Waals surface area contributed by atoms with Crippen molar-refractivity contribution in [2.24, 2.45) is 0 Å². The first kappa shape index (κ1) is 14.6. The summed E-state index contributed by atoms with van der Waals surface area (Å²) in [5, 5.41) is 8.83. The zero-order valence-electron chi connectivity index (χ0n) is 11.3. The number of carboxylic acid groups (broad SMARTS) is 1. The molecule has 0 fully saturated rings. The minimum atomic E-state index is -1.39. The predicted octanol–water partition coefficient (Wildman–Crippen LogP) is 4.05. The van der Waals surface area contributed by atoms with Crippen LogP contribution in [0.5, 0.6) is 0 Å². The van der Waals surface area contributed by atoms with Crippen molar-refractivity contribution in [3.63, 3.8) is 0 Å². The van der Waals surface area contributed by atoms with Gasteiger partial charge >= 0.3 is 5.97 Å². The van der Waals surface area contributed by atoms with Crippen molar-refractivity contribution < 1.29 is 18.7 Å². The maximum Gasteiger partial charge on any atom is 0.335 e. The number of carbonyl (C=O) groups is 1. The summed E-state index contributed by atoms with van der Waals surface area (Å²) in [6.45, 7) is 1.88. The Morgan fingerprint density at radius 3 is 2.50 bits per heavy atom. The molecule has 0 radical (unpaired) electrons. The third-order valence-electron chi connectivity index (χ3n) is 3.25. The van der Waals surface area contributed by atoms with Gasteiger partial charge in [-0.2, -0.15) is 0 Å². The lowest BCUT2D eigenvalue weighted by molar-refractivity contribution is 0.0696. The van der Waals surface area contributed by atoms with Gasteiger partial charge in [-0.1, -0.05) is 0 Å². The molecule has 0 saturated heterocycles. The number of halogens is 3. The molecule has 0 aliphatic heterocycles. The van der Waals surface area contributed by atoms with Crippen molar-refractivity contribution in [1.82, 2.24) is 9.38 Å². The number of hydrogen-bond donors (Lipinski definition) is 1. The normalized spacial score (nSPS) is 11.1. The average molecular weight is 367 g/mol. The SMILES string of the molecule is Cc1ccn2c(Br)c(-c3c(F)cc(C(=O)O)cc3F)nc2c1. The molecule has 3 rings (SSSR count). The molecule has 4 nitrogen and oxygen atoms in total. The van der Waals surface area contributed by atoms with Crippen LogP contribution in [0.2, 0.25) is 0 Å². The van der Waals surface area contributed by atoms with Crippen LogP contribution in [0.3, 0.4) is 0 Å². The first-order chi connectivity index (χ1) is 10.4. The Morgan fingerprint density at radius 2 is 1.91 bits per heavy atom. The predicted molar refractivity (Wildman–Crippen MR) is 79.9 cm³/mol. The fraction of sp³-hybridized carbons (Fsp3) is 0.0667. The standard InChI is InChI=1S/C15H9BrF2N2O2/c1-7-2-3-20-11(4-7)19-13(14(20)16)12-9(17)5-8(15(21)22)6-10(12)18/h2-6H,1H3,(H,21,22). The Morgan fingerprint density at radius 1 is 1.27 bits per heavy atom. The second-order valence-electron chi connectivity index (χ2n) is 4.80. The van der Waals surface area contributed by atoms with E-state index in [0.717, 1.165) is 17.7 Å². The van der Waals surface area contributed by atoms with Crippen LogP contribution in [0.25, 0.3) is 16.9 Å². The molecule has 22 heavy (non-hydrogen) atoms. The van der Waals surface area contributed by atoms with Crippen LogP contribution in [0.1, 0.15) is 15.9 Å². The summed E-state index contributed by atoms with van der Waals surface area (Å²) in [4.78, 5) is 15.1. The fourth-order valence-corrected chi connectivity index (χ4v) is 2.79. The molecule has 1 aromatic carbocycles. The second-order valence-corrected chi connectivity index (χ2v) is 5.55. The van der Waals surface area contributed by atoms with Gasteiger partial charge in [-0.15, -0.1) is 0 Å². The number of benzene rings is 1. The number of fused-ring (bicyclic) bond motifs is 1. The fourth-order valence-electron chi connectivity index (χ4n) is 2.20. The van der Waals surface area contributed by atoms with E-state index in [1.54, 1.807) is 16.7 Å². The Hall–Kier alpha value is -2.28. The van der Waals surface area contributed by atoms with Gasteiger partial charge in [0.05, 0.1) is 11.1 Å². The zero-order chi connectivity index (χ0) is 16.0. The second kappa shape index (κ2) is 5.17. The Balaban J connectivity index is 2.28. The van der Waals surface area contributed by atoms with Crippen LogP contribution in [0, 0.1) is 18.6 Å². The number of nitrogens with zero attached hydrogens (tertiary/aromatic N) is 2. The van der Waals surface area contributed by atoms with Crippen molar-refractivity contribution in [3.8, 4) is 11.3 Å². The molecule has 3 aromatic rings. The highest BCUT2D eigenvalue weighted by Crippen LogP contribution is 2.33. The molecule has 2 heterocycles. The number of aryl methyl sites for hydroxylation is 1. The van der Waals surface area contributed by atoms with E-state index in [4.69, 9.17) is 5.11 Å². The zero-order valence-corrected chi connectivity index (χ0v) is 12.9. The van der Waals surface area contributed by atoms with Crippen LogP contribution >= 0.6 is 15.9 Å². The quantitative estimate of drug-likeness (QED) is 0.744. The maximum absolute atomic E-state index is 14.2. The van der Waals surface area contributed by atoms with E-state index in [0.29, 0.717) is 10.3 Å². The van der Waals surface area contributed by atoms with Gasteiger partial charge in [-0.3, -0.25) is 4.40 Å². The smallest absolute Gasteiger partial charge is 0.335 e. The summed E-state index contributed by atoms with van der Waals surface area (Å²) in [6.07, 6.45) is 1.73. The van der Waals surface area contributed by atoms with E-state index in [-0.39, 0.29) is 11.3 Å². The van der Waals surface area contributed by atoms with Gasteiger partial charge in [-0.25, -0.2) is 18.6 Å². The highest BCUT2D eigenvalue weighted by molar-refractivity contribution is 9.10. The van der Waals surface area contributed by atoms with E-state index in [1.807, 2.05) is 13.0 Å². The lowest BCUT2D eigenvalue weighted by Gasteiger charge is -2.04. The molecule has 0 bridgehead atoms. The van der Waals surface area contributed by atoms with Crippen molar-refractivity contribution in [2.45, 2.75) is 6.92 Å². The van der Waals surface area contributed by atoms with Gasteiger partial charge in [0.15, 0.2) is 0 Å². The third-order valence-corrected chi connectivity index (χ3v) is 4.01. The number of carboxylic acids is 1. The molecule has 2 aromatic heterocycles. The topological polar surface area (TPSA) is 54.6 Å². The van der Waals surface area contributed by atoms with E-state index in [9.17, 15) is 13.6 Å². The Kier molecular flexibility index (Phi) is 3.44. The number of aromatic carboxylic acids is 1. The molecule has 0 unspecified atom stereocenters. The minimum Gasteiger partial charge on any atom is -0.478 e. The van der Waals surface area contributed by atoms with E-state index < -0.39 is 23.2 Å². The van der Waals surface area contributed by atoms with Crippen LogP contribution < -0.4 is 0 Å². The van der Waals surface area contributed by atoms with Crippen LogP contribution in [-0.4, -0.2) is 20.5 Å². The molecule has 0 saturated carbocycles. The molecule has 0 aliphatic carbocycles. The molecule has 0 amide bonds. The summed E-state index contributed by atoms with van der Waals surface area (Å²) in [5.74, 6) is -3.34. The molecule has 7 heteroatoms. The lowest BCUT2D eigenvalue weighted by Crippen LogP contribution is -2.01. The molecule has 0 atom stereocenters. The largest absolute Gasteiger partial charge is 0.478 e. The summed E-state index contributed by atoms with van der Waals surface area (Å²) < 4.78 is 30.4. The maximum atomic E-state index is 14.2. The number of imidazole rings is 1. The third kappa shape index (κ3) is 2.27. The van der Waals surface area contributed by atoms with Gasteiger partial charge in [0, 0.05) is 6.20 Å². The van der Waals surface area contributed by atoms with Crippen molar-refractivity contribution >= 4 is 27.5 Å². The summed E-state index contributed by atoms with van der Waals surface area (Å²) in [5.41, 5.74) is 0.756. The number of rotatable bonds is 2. The van der Waals surface area contributed by atoms with E-state index in [2.05, 4.69) is 20.9 Å². The first-order valence-corrected chi connectivity index (χ1v) is 7.04. The number of aromatic nitrogens is 2. The molecule has 0 aliphatic rings. The van der Waals surface area contributed by atoms with Gasteiger partial charge in [0.25, 0.3) is 0 Å². The Labute approximate surface area is 132 Å². The van der Waals surface area contributed by atoms with E-state index in [1.165, 1.54) is 0 Å². The monoisotopic (exact) mass is 366 g/mol. The highest BCUT2D eigenvalue weighted by Gasteiger charge is 2.21. The molecule has 0 spiro atoms. The van der Waals surface area contributed by atoms with Gasteiger partial charge in [-0.05, 0) is 52.7 Å². The van der Waals surface area contributed by atoms with Gasteiger partial charge in [0.1, 0.15) is 27.6 Å². The van der Waals surface area contributed by atoms with Crippen LogP contribution in [0.4, 0.5) is 8.78 Å². The highest BCUT2D eigenvalue weighted by atomic mass is 79.9. The summed E-state index contributed by atoms with van der Waals surface area (Å²) >= 11 is 3.28. The summed E-state index contributed by atoms with van der Waals surface area (Å²) in [7, 11) is 0. The van der Waals surface area contributed by atoms with Gasteiger partial charge < -0.3 is 5.11 Å². The molecule has 112 valence electrons. The minimum absolute atomic E-state index is 0.0811. The summed E-state index contributed by atoms with van der Waals surface area (Å²) in [6, 6.07) is 5.17. The first-order valence-electron chi connectivity index (χ1n) is 6.25. The van der Waals surface area contributed by atoms with Crippen molar-refractivity contribution in [2.75, 3.05) is 0 Å². The molecular weight excluding hydrogens is 358 g/mol. The van der Waals surface area contributed by atoms with Crippen LogP contribution in [-0.2, 0) is 0 Å². The van der Waals surface area contributed by atoms with Crippen molar-refractivity contribution in [1.29, 1.82) is 0 Å². The van der Waals surface area contributed by atoms with Crippen molar-refractivity contribution in [3.05, 3.63) is 57.8 Å².